The van der Waals surface area contributed by atoms with Crippen LogP contribution in [0, 0.1) is 5.82 Å². The predicted octanol–water partition coefficient (Wildman–Crippen LogP) is 4.52. The molecule has 4 nitrogen and oxygen atoms in total. The van der Waals surface area contributed by atoms with Gasteiger partial charge in [-0.25, -0.2) is 4.39 Å². The normalized spacial score (nSPS) is 11.9. The third kappa shape index (κ3) is 7.29. The van der Waals surface area contributed by atoms with Crippen LogP contribution < -0.4 is 14.8 Å². The minimum absolute atomic E-state index is 0.150. The fourth-order valence-corrected chi connectivity index (χ4v) is 2.62. The summed E-state index contributed by atoms with van der Waals surface area (Å²) in [5.74, 6) is 0.874. The molecule has 1 atom stereocenters. The van der Waals surface area contributed by atoms with Crippen molar-refractivity contribution in [2.45, 2.75) is 52.2 Å². The van der Waals surface area contributed by atoms with Crippen molar-refractivity contribution in [3.05, 3.63) is 59.9 Å². The van der Waals surface area contributed by atoms with Crippen LogP contribution >= 0.6 is 0 Å². The molecule has 5 heteroatoms. The molecule has 0 heterocycles. The van der Waals surface area contributed by atoms with E-state index >= 15 is 0 Å². The van der Waals surface area contributed by atoms with Gasteiger partial charge in [-0.05, 0) is 75.1 Å². The van der Waals surface area contributed by atoms with E-state index in [0.717, 1.165) is 18.6 Å². The lowest BCUT2D eigenvalue weighted by Crippen LogP contribution is -2.38. The number of rotatable bonds is 10. The van der Waals surface area contributed by atoms with E-state index < -0.39 is 6.10 Å². The second-order valence-electron chi connectivity index (χ2n) is 6.67. The molecule has 2 aromatic rings. The highest BCUT2D eigenvalue weighted by molar-refractivity contribution is 5.81. The minimum atomic E-state index is -0.581. The highest BCUT2D eigenvalue weighted by Crippen LogP contribution is 2.16. The maximum Gasteiger partial charge on any atom is 0.261 e. The Hall–Kier alpha value is -2.56. The van der Waals surface area contributed by atoms with Crippen molar-refractivity contribution in [2.24, 2.45) is 0 Å². The van der Waals surface area contributed by atoms with Gasteiger partial charge in [0.05, 0.1) is 6.10 Å². The number of halogens is 1. The second-order valence-corrected chi connectivity index (χ2v) is 6.67. The maximum absolute atomic E-state index is 12.9. The average Bonchev–Trinajstić information content (AvgIpc) is 2.65. The lowest BCUT2D eigenvalue weighted by molar-refractivity contribution is -0.128. The Bertz CT molecular complexity index is 699. The zero-order valence-electron chi connectivity index (χ0n) is 16.2. The van der Waals surface area contributed by atoms with Crippen LogP contribution in [-0.2, 0) is 11.2 Å². The highest BCUT2D eigenvalue weighted by atomic mass is 19.1. The van der Waals surface area contributed by atoms with E-state index in [9.17, 15) is 9.18 Å². The third-order valence-corrected chi connectivity index (χ3v) is 3.99. The number of amides is 1. The van der Waals surface area contributed by atoms with Crippen molar-refractivity contribution >= 4 is 5.91 Å². The number of carbonyl (C=O) groups is 1. The van der Waals surface area contributed by atoms with Crippen molar-refractivity contribution < 1.29 is 18.7 Å². The number of ether oxygens (including phenoxy) is 2. The van der Waals surface area contributed by atoms with Gasteiger partial charge in [0.15, 0.2) is 6.10 Å². The first-order chi connectivity index (χ1) is 13.0. The Morgan fingerprint density at radius 3 is 2.19 bits per heavy atom. The lowest BCUT2D eigenvalue weighted by Gasteiger charge is -2.17. The van der Waals surface area contributed by atoms with Crippen LogP contribution in [0.5, 0.6) is 11.5 Å². The van der Waals surface area contributed by atoms with Gasteiger partial charge in [0.1, 0.15) is 17.3 Å². The van der Waals surface area contributed by atoms with Gasteiger partial charge in [-0.1, -0.05) is 19.1 Å². The van der Waals surface area contributed by atoms with E-state index in [4.69, 9.17) is 9.47 Å². The molecule has 146 valence electrons. The molecule has 1 N–H and O–H groups in total. The highest BCUT2D eigenvalue weighted by Gasteiger charge is 2.17. The van der Waals surface area contributed by atoms with Gasteiger partial charge in [0, 0.05) is 6.54 Å². The molecule has 2 rings (SSSR count). The molecular formula is C22H28FNO3. The fraction of sp³-hybridized carbons (Fsp3) is 0.409. The van der Waals surface area contributed by atoms with Crippen LogP contribution in [0.3, 0.4) is 0 Å². The summed E-state index contributed by atoms with van der Waals surface area (Å²) in [7, 11) is 0. The summed E-state index contributed by atoms with van der Waals surface area (Å²) in [6, 6.07) is 13.7. The third-order valence-electron chi connectivity index (χ3n) is 3.99. The van der Waals surface area contributed by atoms with Gasteiger partial charge >= 0.3 is 0 Å². The maximum atomic E-state index is 12.9. The number of hydrogen-bond acceptors (Lipinski definition) is 3. The van der Waals surface area contributed by atoms with Crippen molar-refractivity contribution in [3.63, 3.8) is 0 Å². The lowest BCUT2D eigenvalue weighted by atomic mass is 10.1. The zero-order chi connectivity index (χ0) is 19.6. The van der Waals surface area contributed by atoms with Crippen LogP contribution in [0.2, 0.25) is 0 Å². The number of nitrogens with one attached hydrogen (secondary N) is 1. The molecule has 2 aromatic carbocycles. The van der Waals surface area contributed by atoms with Gasteiger partial charge in [-0.2, -0.15) is 0 Å². The van der Waals surface area contributed by atoms with Crippen molar-refractivity contribution in [3.8, 4) is 11.5 Å². The number of hydrogen-bond donors (Lipinski definition) is 1. The molecule has 0 saturated carbocycles. The first-order valence-electron chi connectivity index (χ1n) is 9.43. The molecule has 0 fully saturated rings. The number of aryl methyl sites for hydroxylation is 1. The molecule has 0 spiro atoms. The van der Waals surface area contributed by atoms with Gasteiger partial charge < -0.3 is 14.8 Å². The zero-order valence-corrected chi connectivity index (χ0v) is 16.2. The van der Waals surface area contributed by atoms with Gasteiger partial charge in [-0.15, -0.1) is 0 Å². The molecule has 0 radical (unpaired) electrons. The first kappa shape index (κ1) is 20.7. The monoisotopic (exact) mass is 373 g/mol. The Kier molecular flexibility index (Phi) is 8.11. The summed E-state index contributed by atoms with van der Waals surface area (Å²) in [6.45, 7) is 6.46. The summed E-state index contributed by atoms with van der Waals surface area (Å²) < 4.78 is 24.2. The molecule has 0 aromatic heterocycles. The standard InChI is InChI=1S/C22H28FNO3/c1-4-21(27-20-13-9-18(23)10-14-20)22(25)24-15-5-6-17-7-11-19(12-8-17)26-16(2)3/h7-14,16,21H,4-6,15H2,1-3H3,(H,24,25)/t21-/m1/s1. The minimum Gasteiger partial charge on any atom is -0.491 e. The molecule has 27 heavy (non-hydrogen) atoms. The molecule has 0 aliphatic carbocycles. The summed E-state index contributed by atoms with van der Waals surface area (Å²) >= 11 is 0. The molecule has 0 unspecified atom stereocenters. The Morgan fingerprint density at radius 2 is 1.59 bits per heavy atom. The van der Waals surface area contributed by atoms with Crippen LogP contribution in [0.15, 0.2) is 48.5 Å². The molecule has 1 amide bonds. The van der Waals surface area contributed by atoms with Gasteiger partial charge in [0.25, 0.3) is 5.91 Å². The van der Waals surface area contributed by atoms with Crippen molar-refractivity contribution in [1.82, 2.24) is 5.32 Å². The number of carbonyl (C=O) groups excluding carboxylic acids is 1. The largest absolute Gasteiger partial charge is 0.491 e. The Morgan fingerprint density at radius 1 is 1.00 bits per heavy atom. The molecule has 0 aliphatic heterocycles. The van der Waals surface area contributed by atoms with E-state index in [-0.39, 0.29) is 17.8 Å². The van der Waals surface area contributed by atoms with Crippen LogP contribution in [0.4, 0.5) is 4.39 Å². The Balaban J connectivity index is 1.73. The predicted molar refractivity (Wildman–Crippen MR) is 105 cm³/mol. The summed E-state index contributed by atoms with van der Waals surface area (Å²) in [5, 5.41) is 2.91. The molecule has 0 saturated heterocycles. The van der Waals surface area contributed by atoms with Gasteiger partial charge in [0.2, 0.25) is 0 Å². The molecule has 0 aliphatic rings. The number of benzene rings is 2. The van der Waals surface area contributed by atoms with E-state index in [2.05, 4.69) is 5.32 Å². The van der Waals surface area contributed by atoms with Gasteiger partial charge in [-0.3, -0.25) is 4.79 Å². The summed E-state index contributed by atoms with van der Waals surface area (Å²) in [5.41, 5.74) is 1.20. The summed E-state index contributed by atoms with van der Waals surface area (Å²) in [6.07, 6.45) is 1.83. The van der Waals surface area contributed by atoms with Crippen molar-refractivity contribution in [1.29, 1.82) is 0 Å². The van der Waals surface area contributed by atoms with Crippen LogP contribution in [-0.4, -0.2) is 24.7 Å². The smallest absolute Gasteiger partial charge is 0.261 e. The quantitative estimate of drug-likeness (QED) is 0.623. The fourth-order valence-electron chi connectivity index (χ4n) is 2.62. The van der Waals surface area contributed by atoms with Crippen LogP contribution in [0.25, 0.3) is 0 Å². The molecular weight excluding hydrogens is 345 g/mol. The SMILES string of the molecule is CC[C@@H](Oc1ccc(F)cc1)C(=O)NCCCc1ccc(OC(C)C)cc1. The van der Waals surface area contributed by atoms with E-state index in [1.165, 1.54) is 29.8 Å². The van der Waals surface area contributed by atoms with Crippen molar-refractivity contribution in [2.75, 3.05) is 6.54 Å². The topological polar surface area (TPSA) is 47.6 Å². The van der Waals surface area contributed by atoms with E-state index in [0.29, 0.717) is 18.7 Å². The first-order valence-corrected chi connectivity index (χ1v) is 9.43. The summed E-state index contributed by atoms with van der Waals surface area (Å²) in [4.78, 5) is 12.3. The van der Waals surface area contributed by atoms with E-state index in [1.54, 1.807) is 0 Å². The van der Waals surface area contributed by atoms with Crippen LogP contribution in [0.1, 0.15) is 39.2 Å². The molecule has 0 bridgehead atoms. The second kappa shape index (κ2) is 10.6. The average molecular weight is 373 g/mol. The Labute approximate surface area is 160 Å². The van der Waals surface area contributed by atoms with E-state index in [1.807, 2.05) is 45.0 Å².